The Hall–Kier alpha value is -2.42. The van der Waals surface area contributed by atoms with Gasteiger partial charge in [-0.2, -0.15) is 0 Å². The van der Waals surface area contributed by atoms with Crippen LogP contribution in [0.15, 0.2) is 42.9 Å². The summed E-state index contributed by atoms with van der Waals surface area (Å²) >= 11 is 0. The van der Waals surface area contributed by atoms with E-state index in [9.17, 15) is 0 Å². The van der Waals surface area contributed by atoms with E-state index in [0.717, 1.165) is 17.1 Å². The van der Waals surface area contributed by atoms with Crippen LogP contribution in [-0.2, 0) is 0 Å². The standard InChI is InChI=1S/C17H17N3.C2H6/c1-11-4-5-17(19-9-11)20-16-8-12(2)15-10-18-7-6-14(15)13(16)3;1-2/h4-10H,1-3H3,(H,19,20);1-2H3. The zero-order valence-corrected chi connectivity index (χ0v) is 13.9. The molecule has 0 bridgehead atoms. The first-order valence-corrected chi connectivity index (χ1v) is 7.69. The van der Waals surface area contributed by atoms with Crippen molar-refractivity contribution in [2.24, 2.45) is 0 Å². The first kappa shape index (κ1) is 16.0. The normalized spacial score (nSPS) is 10.0. The number of hydrogen-bond acceptors (Lipinski definition) is 3. The number of aryl methyl sites for hydroxylation is 3. The van der Waals surface area contributed by atoms with Crippen molar-refractivity contribution in [3.8, 4) is 0 Å². The number of nitrogens with one attached hydrogen (secondary N) is 1. The average molecular weight is 293 g/mol. The maximum absolute atomic E-state index is 4.40. The van der Waals surface area contributed by atoms with Crippen molar-refractivity contribution in [1.29, 1.82) is 0 Å². The first-order valence-electron chi connectivity index (χ1n) is 7.69. The van der Waals surface area contributed by atoms with Gasteiger partial charge in [0, 0.05) is 29.7 Å². The molecule has 0 aliphatic carbocycles. The van der Waals surface area contributed by atoms with Crippen molar-refractivity contribution < 1.29 is 0 Å². The molecule has 1 aromatic carbocycles. The minimum Gasteiger partial charge on any atom is -0.340 e. The summed E-state index contributed by atoms with van der Waals surface area (Å²) in [4.78, 5) is 8.61. The predicted molar refractivity (Wildman–Crippen MR) is 94.8 cm³/mol. The Morgan fingerprint density at radius 2 is 1.68 bits per heavy atom. The third-order valence-corrected chi connectivity index (χ3v) is 3.59. The van der Waals surface area contributed by atoms with E-state index >= 15 is 0 Å². The Bertz CT molecular complexity index is 761. The van der Waals surface area contributed by atoms with Crippen LogP contribution >= 0.6 is 0 Å². The van der Waals surface area contributed by atoms with Crippen LogP contribution in [0.1, 0.15) is 30.5 Å². The molecule has 1 N–H and O–H groups in total. The minimum absolute atomic E-state index is 0.867. The molecular weight excluding hydrogens is 270 g/mol. The van der Waals surface area contributed by atoms with Gasteiger partial charge in [0.05, 0.1) is 0 Å². The maximum atomic E-state index is 4.40. The van der Waals surface area contributed by atoms with Crippen molar-refractivity contribution in [2.75, 3.05) is 5.32 Å². The van der Waals surface area contributed by atoms with Gasteiger partial charge >= 0.3 is 0 Å². The molecular formula is C19H23N3. The van der Waals surface area contributed by atoms with Crippen molar-refractivity contribution in [2.45, 2.75) is 34.6 Å². The number of nitrogens with zero attached hydrogens (tertiary/aromatic N) is 2. The molecule has 0 fully saturated rings. The summed E-state index contributed by atoms with van der Waals surface area (Å²) in [5.41, 5.74) is 4.69. The Morgan fingerprint density at radius 1 is 0.909 bits per heavy atom. The Labute approximate surface area is 132 Å². The highest BCUT2D eigenvalue weighted by Gasteiger charge is 2.07. The third-order valence-electron chi connectivity index (χ3n) is 3.59. The van der Waals surface area contributed by atoms with Crippen LogP contribution in [0.4, 0.5) is 11.5 Å². The van der Waals surface area contributed by atoms with Gasteiger partial charge in [0.25, 0.3) is 0 Å². The number of rotatable bonds is 2. The minimum atomic E-state index is 0.867. The van der Waals surface area contributed by atoms with Crippen molar-refractivity contribution in [3.05, 3.63) is 59.5 Å². The van der Waals surface area contributed by atoms with Gasteiger partial charge in [-0.25, -0.2) is 4.98 Å². The van der Waals surface area contributed by atoms with Crippen molar-refractivity contribution in [1.82, 2.24) is 9.97 Å². The van der Waals surface area contributed by atoms with E-state index in [-0.39, 0.29) is 0 Å². The summed E-state index contributed by atoms with van der Waals surface area (Å²) in [5.74, 6) is 0.867. The number of fused-ring (bicyclic) bond motifs is 1. The number of pyridine rings is 2. The van der Waals surface area contributed by atoms with E-state index in [4.69, 9.17) is 0 Å². The fourth-order valence-electron chi connectivity index (χ4n) is 2.39. The smallest absolute Gasteiger partial charge is 0.130 e. The van der Waals surface area contributed by atoms with E-state index in [1.165, 1.54) is 21.9 Å². The van der Waals surface area contributed by atoms with E-state index in [2.05, 4.69) is 47.3 Å². The van der Waals surface area contributed by atoms with Gasteiger partial charge in [0.2, 0.25) is 0 Å². The zero-order chi connectivity index (χ0) is 16.1. The van der Waals surface area contributed by atoms with Crippen molar-refractivity contribution >= 4 is 22.3 Å². The van der Waals surface area contributed by atoms with Gasteiger partial charge < -0.3 is 5.32 Å². The quantitative estimate of drug-likeness (QED) is 0.694. The molecule has 3 rings (SSSR count). The maximum Gasteiger partial charge on any atom is 0.130 e. The van der Waals surface area contributed by atoms with Crippen LogP contribution in [0.25, 0.3) is 10.8 Å². The Kier molecular flexibility index (Phi) is 5.10. The van der Waals surface area contributed by atoms with Gasteiger partial charge in [0.1, 0.15) is 5.82 Å². The molecule has 114 valence electrons. The molecule has 2 aromatic heterocycles. The number of hydrogen-bond donors (Lipinski definition) is 1. The molecule has 0 amide bonds. The second-order valence-electron chi connectivity index (χ2n) is 5.13. The van der Waals surface area contributed by atoms with Gasteiger partial charge in [-0.15, -0.1) is 0 Å². The molecule has 0 saturated carbocycles. The van der Waals surface area contributed by atoms with Crippen LogP contribution in [0, 0.1) is 20.8 Å². The van der Waals surface area contributed by atoms with Crippen LogP contribution in [-0.4, -0.2) is 9.97 Å². The van der Waals surface area contributed by atoms with Crippen molar-refractivity contribution in [3.63, 3.8) is 0 Å². The monoisotopic (exact) mass is 293 g/mol. The van der Waals surface area contributed by atoms with Crippen LogP contribution < -0.4 is 5.32 Å². The molecule has 3 aromatic rings. The average Bonchev–Trinajstić information content (AvgIpc) is 2.56. The van der Waals surface area contributed by atoms with Crippen LogP contribution in [0.5, 0.6) is 0 Å². The summed E-state index contributed by atoms with van der Waals surface area (Å²) in [5, 5.41) is 5.83. The molecule has 0 unspecified atom stereocenters. The van der Waals surface area contributed by atoms with E-state index in [1.807, 2.05) is 45.4 Å². The highest BCUT2D eigenvalue weighted by atomic mass is 15.0. The summed E-state index contributed by atoms with van der Waals surface area (Å²) in [6.45, 7) is 10.3. The lowest BCUT2D eigenvalue weighted by molar-refractivity contribution is 1.25. The highest BCUT2D eigenvalue weighted by Crippen LogP contribution is 2.29. The van der Waals surface area contributed by atoms with Crippen LogP contribution in [0.3, 0.4) is 0 Å². The molecule has 22 heavy (non-hydrogen) atoms. The largest absolute Gasteiger partial charge is 0.340 e. The second-order valence-corrected chi connectivity index (χ2v) is 5.13. The second kappa shape index (κ2) is 7.03. The van der Waals surface area contributed by atoms with E-state index < -0.39 is 0 Å². The molecule has 2 heterocycles. The molecule has 0 spiro atoms. The Balaban J connectivity index is 0.000000847. The zero-order valence-electron chi connectivity index (χ0n) is 13.9. The molecule has 3 heteroatoms. The molecule has 0 saturated heterocycles. The van der Waals surface area contributed by atoms with Gasteiger partial charge in [-0.1, -0.05) is 19.9 Å². The lowest BCUT2D eigenvalue weighted by Gasteiger charge is -2.13. The number of benzene rings is 1. The molecule has 0 atom stereocenters. The van der Waals surface area contributed by atoms with Gasteiger partial charge in [-0.3, -0.25) is 4.98 Å². The highest BCUT2D eigenvalue weighted by molar-refractivity contribution is 5.92. The molecule has 0 aliphatic rings. The summed E-state index contributed by atoms with van der Waals surface area (Å²) in [7, 11) is 0. The van der Waals surface area contributed by atoms with Crippen LogP contribution in [0.2, 0.25) is 0 Å². The molecule has 0 radical (unpaired) electrons. The first-order chi connectivity index (χ1) is 10.6. The fraction of sp³-hybridized carbons (Fsp3) is 0.263. The molecule has 3 nitrogen and oxygen atoms in total. The van der Waals surface area contributed by atoms with E-state index in [0.29, 0.717) is 0 Å². The lowest BCUT2D eigenvalue weighted by Crippen LogP contribution is -1.97. The van der Waals surface area contributed by atoms with Gasteiger partial charge in [-0.05, 0) is 61.0 Å². The number of anilines is 2. The topological polar surface area (TPSA) is 37.8 Å². The summed E-state index contributed by atoms with van der Waals surface area (Å²) < 4.78 is 0. The van der Waals surface area contributed by atoms with Gasteiger partial charge in [0.15, 0.2) is 0 Å². The summed E-state index contributed by atoms with van der Waals surface area (Å²) in [6.07, 6.45) is 5.63. The molecule has 0 aliphatic heterocycles. The fourth-order valence-corrected chi connectivity index (χ4v) is 2.39. The SMILES string of the molecule is CC.Cc1ccc(Nc2cc(C)c3cnccc3c2C)nc1. The number of aromatic nitrogens is 2. The summed E-state index contributed by atoms with van der Waals surface area (Å²) in [6, 6.07) is 8.27. The van der Waals surface area contributed by atoms with E-state index in [1.54, 1.807) is 0 Å². The lowest BCUT2D eigenvalue weighted by atomic mass is 10.0. The Morgan fingerprint density at radius 3 is 2.36 bits per heavy atom. The predicted octanol–water partition coefficient (Wildman–Crippen LogP) is 5.32. The third kappa shape index (κ3) is 3.25.